The number of hydrogen-bond donors (Lipinski definition) is 0. The number of carbonyl (C=O) groups excluding carboxylic acids is 1. The molecule has 1 saturated heterocycles. The minimum Gasteiger partial charge on any atom is -0.343 e. The number of aromatic nitrogens is 1. The van der Waals surface area contributed by atoms with Gasteiger partial charge in [0.15, 0.2) is 0 Å². The van der Waals surface area contributed by atoms with E-state index in [1.807, 2.05) is 0 Å². The van der Waals surface area contributed by atoms with Crippen molar-refractivity contribution in [2.24, 2.45) is 5.92 Å². The van der Waals surface area contributed by atoms with Gasteiger partial charge in [0.25, 0.3) is 5.91 Å². The largest absolute Gasteiger partial charge is 0.343 e. The summed E-state index contributed by atoms with van der Waals surface area (Å²) in [6, 6.07) is 7.16. The smallest absolute Gasteiger partial charge is 0.256 e. The van der Waals surface area contributed by atoms with Crippen LogP contribution in [0.4, 0.5) is 0 Å². The molecule has 3 heterocycles. The van der Waals surface area contributed by atoms with E-state index in [1.54, 1.807) is 0 Å². The quantitative estimate of drug-likeness (QED) is 0.756. The fourth-order valence-corrected chi connectivity index (χ4v) is 5.71. The van der Waals surface area contributed by atoms with Gasteiger partial charge in [-0.3, -0.25) is 4.79 Å². The van der Waals surface area contributed by atoms with E-state index in [9.17, 15) is 4.79 Å². The Bertz CT molecular complexity index is 847. The molecule has 0 spiro atoms. The Kier molecular flexibility index (Phi) is 5.71. The SMILES string of the molecule is CCN1CCN(C(=O)c2cn3c4c(cccc24)CCC3C2CCCC2)CC1.Cl. The average molecular weight is 402 g/mol. The van der Waals surface area contributed by atoms with E-state index in [2.05, 4.69) is 45.7 Å². The summed E-state index contributed by atoms with van der Waals surface area (Å²) in [6.45, 7) is 6.98. The highest BCUT2D eigenvalue weighted by Gasteiger charge is 2.33. The Balaban J connectivity index is 0.00000192. The number of carbonyl (C=O) groups is 1. The van der Waals surface area contributed by atoms with Crippen LogP contribution in [0.5, 0.6) is 0 Å². The first-order chi connectivity index (χ1) is 13.3. The fourth-order valence-electron chi connectivity index (χ4n) is 5.71. The lowest BCUT2D eigenvalue weighted by atomic mass is 9.89. The summed E-state index contributed by atoms with van der Waals surface area (Å²) in [5, 5.41) is 1.18. The minimum atomic E-state index is 0. The maximum absolute atomic E-state index is 13.4. The molecule has 0 bridgehead atoms. The number of para-hydroxylation sites is 1. The summed E-state index contributed by atoms with van der Waals surface area (Å²) in [6.07, 6.45) is 10.1. The third kappa shape index (κ3) is 3.25. The summed E-state index contributed by atoms with van der Waals surface area (Å²) in [5.41, 5.74) is 3.70. The van der Waals surface area contributed by atoms with E-state index in [0.717, 1.165) is 50.6 Å². The first-order valence-electron chi connectivity index (χ1n) is 10.9. The summed E-state index contributed by atoms with van der Waals surface area (Å²) in [7, 11) is 0. The number of benzene rings is 1. The van der Waals surface area contributed by atoms with Crippen molar-refractivity contribution < 1.29 is 4.79 Å². The number of nitrogens with zero attached hydrogens (tertiary/aromatic N) is 3. The van der Waals surface area contributed by atoms with Gasteiger partial charge in [-0.15, -0.1) is 12.4 Å². The van der Waals surface area contributed by atoms with Gasteiger partial charge in [-0.1, -0.05) is 38.0 Å². The molecule has 1 unspecified atom stereocenters. The highest BCUT2D eigenvalue weighted by molar-refractivity contribution is 6.08. The standard InChI is InChI=1S/C23H31N3O.ClH/c1-2-24-12-14-25(15-13-24)23(27)20-16-26-21(17-6-3-4-7-17)11-10-18-8-5-9-19(20)22(18)26;/h5,8-9,16-17,21H,2-4,6-7,10-15H2,1H3;1H. The Morgan fingerprint density at radius 2 is 1.82 bits per heavy atom. The highest BCUT2D eigenvalue weighted by atomic mass is 35.5. The van der Waals surface area contributed by atoms with Crippen LogP contribution in [0.1, 0.15) is 61.0 Å². The van der Waals surface area contributed by atoms with Crippen LogP contribution in [0.3, 0.4) is 0 Å². The molecule has 1 atom stereocenters. The molecule has 4 nitrogen and oxygen atoms in total. The lowest BCUT2D eigenvalue weighted by molar-refractivity contribution is 0.0645. The Labute approximate surface area is 174 Å². The monoisotopic (exact) mass is 401 g/mol. The number of hydrogen-bond acceptors (Lipinski definition) is 2. The topological polar surface area (TPSA) is 28.5 Å². The molecule has 1 aromatic heterocycles. The van der Waals surface area contributed by atoms with Crippen molar-refractivity contribution in [2.45, 2.75) is 51.5 Å². The fraction of sp³-hybridized carbons (Fsp3) is 0.609. The first-order valence-corrected chi connectivity index (χ1v) is 10.9. The minimum absolute atomic E-state index is 0. The zero-order valence-corrected chi connectivity index (χ0v) is 17.7. The van der Waals surface area contributed by atoms with Gasteiger partial charge in [0, 0.05) is 43.8 Å². The van der Waals surface area contributed by atoms with Crippen molar-refractivity contribution in [2.75, 3.05) is 32.7 Å². The molecular formula is C23H32ClN3O. The third-order valence-electron chi connectivity index (χ3n) is 7.28. The highest BCUT2D eigenvalue weighted by Crippen LogP contribution is 2.43. The van der Waals surface area contributed by atoms with E-state index in [-0.39, 0.29) is 18.3 Å². The zero-order chi connectivity index (χ0) is 18.4. The van der Waals surface area contributed by atoms with Crippen molar-refractivity contribution in [3.05, 3.63) is 35.5 Å². The van der Waals surface area contributed by atoms with Gasteiger partial charge in [-0.05, 0) is 43.7 Å². The number of aryl methyl sites for hydroxylation is 1. The molecule has 152 valence electrons. The van der Waals surface area contributed by atoms with E-state index >= 15 is 0 Å². The molecule has 0 radical (unpaired) electrons. The van der Waals surface area contributed by atoms with Gasteiger partial charge < -0.3 is 14.4 Å². The van der Waals surface area contributed by atoms with Gasteiger partial charge in [-0.2, -0.15) is 0 Å². The Morgan fingerprint density at radius 3 is 2.54 bits per heavy atom. The third-order valence-corrected chi connectivity index (χ3v) is 7.28. The summed E-state index contributed by atoms with van der Waals surface area (Å²) in [5.74, 6) is 1.03. The van der Waals surface area contributed by atoms with Crippen LogP contribution in [0.25, 0.3) is 10.9 Å². The Morgan fingerprint density at radius 1 is 1.07 bits per heavy atom. The molecule has 0 N–H and O–H groups in total. The maximum atomic E-state index is 13.4. The number of likely N-dealkylation sites (N-methyl/N-ethyl adjacent to an activating group) is 1. The van der Waals surface area contributed by atoms with Crippen molar-refractivity contribution >= 4 is 29.2 Å². The zero-order valence-electron chi connectivity index (χ0n) is 16.9. The maximum Gasteiger partial charge on any atom is 0.256 e. The molecule has 1 amide bonds. The van der Waals surface area contributed by atoms with Crippen LogP contribution in [-0.2, 0) is 6.42 Å². The second-order valence-corrected chi connectivity index (χ2v) is 8.64. The number of rotatable bonds is 3. The van der Waals surface area contributed by atoms with E-state index in [1.165, 1.54) is 48.6 Å². The van der Waals surface area contributed by atoms with Crippen LogP contribution in [0, 0.1) is 5.92 Å². The normalized spacial score (nSPS) is 23.2. The predicted octanol–water partition coefficient (Wildman–Crippen LogP) is 4.52. The van der Waals surface area contributed by atoms with Gasteiger partial charge >= 0.3 is 0 Å². The van der Waals surface area contributed by atoms with Gasteiger partial charge in [-0.25, -0.2) is 0 Å². The van der Waals surface area contributed by atoms with Gasteiger partial charge in [0.1, 0.15) is 0 Å². The first kappa shape index (κ1) is 19.8. The molecule has 1 saturated carbocycles. The molecule has 28 heavy (non-hydrogen) atoms. The number of piperazine rings is 1. The van der Waals surface area contributed by atoms with E-state index in [0.29, 0.717) is 6.04 Å². The molecule has 2 aromatic rings. The van der Waals surface area contributed by atoms with Crippen LogP contribution < -0.4 is 0 Å². The molecule has 1 aromatic carbocycles. The molecule has 2 aliphatic heterocycles. The molecule has 5 heteroatoms. The predicted molar refractivity (Wildman–Crippen MR) is 117 cm³/mol. The number of halogens is 1. The van der Waals surface area contributed by atoms with E-state index < -0.39 is 0 Å². The van der Waals surface area contributed by atoms with Gasteiger partial charge in [0.2, 0.25) is 0 Å². The lowest BCUT2D eigenvalue weighted by Crippen LogP contribution is -2.48. The second kappa shape index (κ2) is 8.08. The summed E-state index contributed by atoms with van der Waals surface area (Å²) < 4.78 is 2.50. The van der Waals surface area contributed by atoms with Crippen molar-refractivity contribution in [1.82, 2.24) is 14.4 Å². The van der Waals surface area contributed by atoms with Crippen LogP contribution in [0.2, 0.25) is 0 Å². The van der Waals surface area contributed by atoms with E-state index in [4.69, 9.17) is 0 Å². The average Bonchev–Trinajstić information content (AvgIpc) is 3.38. The molecule has 3 aliphatic rings. The molecule has 1 aliphatic carbocycles. The van der Waals surface area contributed by atoms with Crippen molar-refractivity contribution in [3.63, 3.8) is 0 Å². The molecular weight excluding hydrogens is 370 g/mol. The number of amides is 1. The molecule has 5 rings (SSSR count). The summed E-state index contributed by atoms with van der Waals surface area (Å²) in [4.78, 5) is 17.9. The summed E-state index contributed by atoms with van der Waals surface area (Å²) >= 11 is 0. The van der Waals surface area contributed by atoms with Crippen molar-refractivity contribution in [3.8, 4) is 0 Å². The second-order valence-electron chi connectivity index (χ2n) is 8.64. The molecule has 2 fully saturated rings. The van der Waals surface area contributed by atoms with Crippen LogP contribution in [0.15, 0.2) is 24.4 Å². The van der Waals surface area contributed by atoms with Gasteiger partial charge in [0.05, 0.1) is 11.1 Å². The van der Waals surface area contributed by atoms with Crippen LogP contribution in [-0.4, -0.2) is 53.0 Å². The lowest BCUT2D eigenvalue weighted by Gasteiger charge is -2.34. The van der Waals surface area contributed by atoms with Crippen LogP contribution >= 0.6 is 12.4 Å². The van der Waals surface area contributed by atoms with Crippen molar-refractivity contribution in [1.29, 1.82) is 0 Å². The Hall–Kier alpha value is -1.52.